The molecule has 1 aromatic carbocycles. The van der Waals surface area contributed by atoms with Crippen LogP contribution in [0.4, 0.5) is 24.5 Å². The lowest BCUT2D eigenvalue weighted by molar-refractivity contribution is -0.157. The van der Waals surface area contributed by atoms with Crippen LogP contribution in [-0.2, 0) is 9.59 Å². The number of nitrogens with zero attached hydrogens (tertiary/aromatic N) is 1. The van der Waals surface area contributed by atoms with Gasteiger partial charge in [-0.1, -0.05) is 11.6 Å². The van der Waals surface area contributed by atoms with E-state index in [0.29, 0.717) is 11.4 Å². The Labute approximate surface area is 135 Å². The van der Waals surface area contributed by atoms with Crippen LogP contribution >= 0.6 is 11.6 Å². The van der Waals surface area contributed by atoms with Gasteiger partial charge in [-0.15, -0.1) is 0 Å². The van der Waals surface area contributed by atoms with Gasteiger partial charge in [0.1, 0.15) is 12.6 Å². The second-order valence-electron chi connectivity index (χ2n) is 5.24. The van der Waals surface area contributed by atoms with E-state index in [1.165, 1.54) is 13.0 Å². The van der Waals surface area contributed by atoms with Crippen molar-refractivity contribution >= 4 is 34.8 Å². The standard InChI is InChI=1S/C14H15ClF3N3O2/c1-8(22)19-9-2-3-11(10(15)6-9)20-12-4-5-21(13(12)23)7-14(16,17)18/h2-3,6,12,20H,4-5,7H2,1H3,(H,19,22)/t12-/m0/s1. The topological polar surface area (TPSA) is 61.4 Å². The van der Waals surface area contributed by atoms with E-state index >= 15 is 0 Å². The van der Waals surface area contributed by atoms with Gasteiger partial charge in [-0.05, 0) is 24.6 Å². The van der Waals surface area contributed by atoms with E-state index in [4.69, 9.17) is 11.6 Å². The highest BCUT2D eigenvalue weighted by Crippen LogP contribution is 2.28. The first-order valence-electron chi connectivity index (χ1n) is 6.85. The van der Waals surface area contributed by atoms with Crippen LogP contribution in [0.2, 0.25) is 5.02 Å². The Morgan fingerprint density at radius 1 is 1.43 bits per heavy atom. The van der Waals surface area contributed by atoms with Gasteiger partial charge in [-0.3, -0.25) is 9.59 Å². The third-order valence-corrected chi connectivity index (χ3v) is 3.60. The zero-order valence-electron chi connectivity index (χ0n) is 12.2. The summed E-state index contributed by atoms with van der Waals surface area (Å²) in [5.41, 5.74) is 0.914. The van der Waals surface area contributed by atoms with Crippen molar-refractivity contribution in [2.24, 2.45) is 0 Å². The fraction of sp³-hybridized carbons (Fsp3) is 0.429. The fourth-order valence-electron chi connectivity index (χ4n) is 2.35. The van der Waals surface area contributed by atoms with E-state index in [1.54, 1.807) is 12.1 Å². The number of hydrogen-bond donors (Lipinski definition) is 2. The molecule has 0 aromatic heterocycles. The summed E-state index contributed by atoms with van der Waals surface area (Å²) >= 11 is 6.06. The maximum Gasteiger partial charge on any atom is 0.406 e. The number of benzene rings is 1. The highest BCUT2D eigenvalue weighted by molar-refractivity contribution is 6.33. The molecule has 0 radical (unpaired) electrons. The molecule has 0 saturated carbocycles. The number of amides is 2. The lowest BCUT2D eigenvalue weighted by Crippen LogP contribution is -2.39. The molecular formula is C14H15ClF3N3O2. The molecule has 0 aliphatic carbocycles. The molecule has 1 atom stereocenters. The average molecular weight is 350 g/mol. The normalized spacial score (nSPS) is 18.2. The molecule has 0 spiro atoms. The predicted octanol–water partition coefficient (Wildman–Crippen LogP) is 2.87. The summed E-state index contributed by atoms with van der Waals surface area (Å²) in [7, 11) is 0. The summed E-state index contributed by atoms with van der Waals surface area (Å²) in [4.78, 5) is 23.7. The lowest BCUT2D eigenvalue weighted by atomic mass is 10.2. The van der Waals surface area contributed by atoms with Gasteiger partial charge in [0, 0.05) is 19.2 Å². The van der Waals surface area contributed by atoms with E-state index in [9.17, 15) is 22.8 Å². The number of alkyl halides is 3. The SMILES string of the molecule is CC(=O)Nc1ccc(N[C@H]2CCN(CC(F)(F)F)C2=O)c(Cl)c1. The van der Waals surface area contributed by atoms with Gasteiger partial charge < -0.3 is 15.5 Å². The van der Waals surface area contributed by atoms with E-state index in [1.807, 2.05) is 0 Å². The quantitative estimate of drug-likeness (QED) is 0.878. The van der Waals surface area contributed by atoms with Gasteiger partial charge in [-0.25, -0.2) is 0 Å². The van der Waals surface area contributed by atoms with Gasteiger partial charge in [0.2, 0.25) is 11.8 Å². The Bertz CT molecular complexity index is 622. The summed E-state index contributed by atoms with van der Waals surface area (Å²) in [6, 6.07) is 3.90. The van der Waals surface area contributed by atoms with E-state index < -0.39 is 24.7 Å². The third kappa shape index (κ3) is 4.75. The molecule has 0 unspecified atom stereocenters. The summed E-state index contributed by atoms with van der Waals surface area (Å²) in [6.07, 6.45) is -4.15. The number of carbonyl (C=O) groups excluding carboxylic acids is 2. The van der Waals surface area contributed by atoms with Gasteiger partial charge in [0.15, 0.2) is 0 Å². The Kier molecular flexibility index (Phi) is 5.03. The molecule has 2 N–H and O–H groups in total. The van der Waals surface area contributed by atoms with Gasteiger partial charge in [0.25, 0.3) is 0 Å². The predicted molar refractivity (Wildman–Crippen MR) is 80.4 cm³/mol. The van der Waals surface area contributed by atoms with Crippen molar-refractivity contribution in [2.45, 2.75) is 25.6 Å². The van der Waals surface area contributed by atoms with E-state index in [2.05, 4.69) is 10.6 Å². The molecular weight excluding hydrogens is 335 g/mol. The number of likely N-dealkylation sites (tertiary alicyclic amines) is 1. The Hall–Kier alpha value is -1.96. The molecule has 1 heterocycles. The van der Waals surface area contributed by atoms with Crippen molar-refractivity contribution in [1.82, 2.24) is 4.90 Å². The smallest absolute Gasteiger partial charge is 0.372 e. The van der Waals surface area contributed by atoms with Crippen LogP contribution in [0.5, 0.6) is 0 Å². The average Bonchev–Trinajstić information content (AvgIpc) is 2.72. The summed E-state index contributed by atoms with van der Waals surface area (Å²) in [6.45, 7) is 0.142. The lowest BCUT2D eigenvalue weighted by Gasteiger charge is -2.19. The van der Waals surface area contributed by atoms with Crippen LogP contribution in [0.3, 0.4) is 0 Å². The Morgan fingerprint density at radius 3 is 2.70 bits per heavy atom. The van der Waals surface area contributed by atoms with Crippen LogP contribution in [0, 0.1) is 0 Å². The van der Waals surface area contributed by atoms with E-state index in [-0.39, 0.29) is 23.9 Å². The molecule has 1 saturated heterocycles. The second kappa shape index (κ2) is 6.66. The van der Waals surface area contributed by atoms with Gasteiger partial charge in [-0.2, -0.15) is 13.2 Å². The highest BCUT2D eigenvalue weighted by Gasteiger charge is 2.39. The van der Waals surface area contributed by atoms with Crippen molar-refractivity contribution in [3.63, 3.8) is 0 Å². The number of hydrogen-bond acceptors (Lipinski definition) is 3. The summed E-state index contributed by atoms with van der Waals surface area (Å²) < 4.78 is 37.1. The number of rotatable bonds is 4. The van der Waals surface area contributed by atoms with Crippen LogP contribution < -0.4 is 10.6 Å². The summed E-state index contributed by atoms with van der Waals surface area (Å²) in [5, 5.41) is 5.67. The molecule has 2 rings (SSSR count). The number of nitrogens with one attached hydrogen (secondary N) is 2. The number of halogens is 4. The molecule has 5 nitrogen and oxygen atoms in total. The summed E-state index contributed by atoms with van der Waals surface area (Å²) in [5.74, 6) is -0.861. The van der Waals surface area contributed by atoms with Crippen molar-refractivity contribution in [1.29, 1.82) is 0 Å². The minimum atomic E-state index is -4.41. The largest absolute Gasteiger partial charge is 0.406 e. The molecule has 23 heavy (non-hydrogen) atoms. The van der Waals surface area contributed by atoms with Gasteiger partial charge >= 0.3 is 6.18 Å². The molecule has 0 bridgehead atoms. The maximum atomic E-state index is 12.4. The molecule has 1 aliphatic heterocycles. The minimum Gasteiger partial charge on any atom is -0.372 e. The van der Waals surface area contributed by atoms with Crippen molar-refractivity contribution in [3.05, 3.63) is 23.2 Å². The number of carbonyl (C=O) groups is 2. The molecule has 9 heteroatoms. The number of anilines is 2. The monoisotopic (exact) mass is 349 g/mol. The van der Waals surface area contributed by atoms with Crippen LogP contribution in [0.1, 0.15) is 13.3 Å². The first-order valence-corrected chi connectivity index (χ1v) is 7.23. The fourth-order valence-corrected chi connectivity index (χ4v) is 2.58. The zero-order chi connectivity index (χ0) is 17.2. The second-order valence-corrected chi connectivity index (χ2v) is 5.64. The maximum absolute atomic E-state index is 12.4. The molecule has 1 aromatic rings. The van der Waals surface area contributed by atoms with Crippen molar-refractivity contribution in [3.8, 4) is 0 Å². The Morgan fingerprint density at radius 2 is 2.13 bits per heavy atom. The van der Waals surface area contributed by atoms with Crippen molar-refractivity contribution < 1.29 is 22.8 Å². The first-order chi connectivity index (χ1) is 10.7. The first kappa shape index (κ1) is 17.4. The van der Waals surface area contributed by atoms with Crippen LogP contribution in [0.15, 0.2) is 18.2 Å². The van der Waals surface area contributed by atoms with Gasteiger partial charge in [0.05, 0.1) is 10.7 Å². The zero-order valence-corrected chi connectivity index (χ0v) is 13.0. The molecule has 2 amide bonds. The minimum absolute atomic E-state index is 0.0393. The van der Waals surface area contributed by atoms with Crippen molar-refractivity contribution in [2.75, 3.05) is 23.7 Å². The molecule has 1 fully saturated rings. The van der Waals surface area contributed by atoms with Crippen LogP contribution in [-0.4, -0.2) is 42.0 Å². The molecule has 1 aliphatic rings. The van der Waals surface area contributed by atoms with Crippen LogP contribution in [0.25, 0.3) is 0 Å². The van der Waals surface area contributed by atoms with E-state index in [0.717, 1.165) is 4.90 Å². The highest BCUT2D eigenvalue weighted by atomic mass is 35.5. The Balaban J connectivity index is 2.03. The third-order valence-electron chi connectivity index (χ3n) is 3.29. The molecule has 126 valence electrons.